The van der Waals surface area contributed by atoms with E-state index >= 15 is 0 Å². The summed E-state index contributed by atoms with van der Waals surface area (Å²) in [5.41, 5.74) is 2.20. The van der Waals surface area contributed by atoms with Crippen molar-refractivity contribution in [1.82, 2.24) is 9.80 Å². The summed E-state index contributed by atoms with van der Waals surface area (Å²) in [4.78, 5) is 27.7. The van der Waals surface area contributed by atoms with Crippen LogP contribution >= 0.6 is 0 Å². The summed E-state index contributed by atoms with van der Waals surface area (Å²) in [5, 5.41) is 11.2. The molecule has 1 N–H and O–H groups in total. The first-order valence-corrected chi connectivity index (χ1v) is 9.65. The molecule has 2 amide bonds. The van der Waals surface area contributed by atoms with E-state index < -0.39 is 0 Å². The molecule has 29 heavy (non-hydrogen) atoms. The second kappa shape index (κ2) is 10.3. The highest BCUT2D eigenvalue weighted by molar-refractivity contribution is 5.92. The van der Waals surface area contributed by atoms with Gasteiger partial charge in [0.25, 0.3) is 0 Å². The Hall–Kier alpha value is -3.26. The van der Waals surface area contributed by atoms with Crippen LogP contribution in [0.1, 0.15) is 6.92 Å². The molecule has 1 aliphatic heterocycles. The molecule has 1 saturated heterocycles. The summed E-state index contributed by atoms with van der Waals surface area (Å²) in [6, 6.07) is 16.7. The van der Waals surface area contributed by atoms with E-state index in [9.17, 15) is 9.59 Å². The Labute approximate surface area is 170 Å². The number of rotatable bonds is 6. The van der Waals surface area contributed by atoms with E-state index in [0.29, 0.717) is 44.2 Å². The minimum Gasteiger partial charge on any atom is -0.450 e. The molecular formula is C21H25N5O3. The minimum absolute atomic E-state index is 0.0896. The first kappa shape index (κ1) is 20.5. The van der Waals surface area contributed by atoms with Gasteiger partial charge in [0.1, 0.15) is 0 Å². The number of hydrogen-bond donors (Lipinski definition) is 1. The van der Waals surface area contributed by atoms with Gasteiger partial charge < -0.3 is 15.0 Å². The van der Waals surface area contributed by atoms with Crippen LogP contribution < -0.4 is 5.32 Å². The number of ether oxygens (including phenoxy) is 1. The smallest absolute Gasteiger partial charge is 0.409 e. The van der Waals surface area contributed by atoms with Gasteiger partial charge in [-0.3, -0.25) is 9.69 Å². The summed E-state index contributed by atoms with van der Waals surface area (Å²) in [7, 11) is 0. The van der Waals surface area contributed by atoms with Crippen molar-refractivity contribution >= 4 is 29.1 Å². The van der Waals surface area contributed by atoms with Crippen LogP contribution in [-0.4, -0.2) is 61.1 Å². The molecule has 0 unspecified atom stereocenters. The zero-order valence-corrected chi connectivity index (χ0v) is 16.5. The maximum absolute atomic E-state index is 12.3. The maximum atomic E-state index is 12.3. The zero-order chi connectivity index (χ0) is 20.5. The van der Waals surface area contributed by atoms with Crippen molar-refractivity contribution in [2.45, 2.75) is 6.92 Å². The average Bonchev–Trinajstić information content (AvgIpc) is 2.74. The average molecular weight is 395 g/mol. The number of piperazine rings is 1. The van der Waals surface area contributed by atoms with Crippen molar-refractivity contribution in [2.24, 2.45) is 10.2 Å². The highest BCUT2D eigenvalue weighted by Gasteiger charge is 2.23. The minimum atomic E-state index is -0.291. The van der Waals surface area contributed by atoms with Gasteiger partial charge in [-0.25, -0.2) is 4.79 Å². The largest absolute Gasteiger partial charge is 0.450 e. The Balaban J connectivity index is 1.44. The fourth-order valence-electron chi connectivity index (χ4n) is 2.93. The van der Waals surface area contributed by atoms with Crippen LogP contribution in [0.15, 0.2) is 64.8 Å². The third-order valence-corrected chi connectivity index (χ3v) is 4.45. The van der Waals surface area contributed by atoms with Crippen molar-refractivity contribution in [3.8, 4) is 0 Å². The second-order valence-electron chi connectivity index (χ2n) is 6.59. The lowest BCUT2D eigenvalue weighted by atomic mass is 10.2. The number of hydrogen-bond acceptors (Lipinski definition) is 6. The van der Waals surface area contributed by atoms with Crippen LogP contribution in [0.4, 0.5) is 21.9 Å². The molecule has 2 aromatic carbocycles. The van der Waals surface area contributed by atoms with Crippen LogP contribution in [0.25, 0.3) is 0 Å². The number of azo groups is 1. The molecule has 0 radical (unpaired) electrons. The lowest BCUT2D eigenvalue weighted by Crippen LogP contribution is -2.50. The van der Waals surface area contributed by atoms with E-state index in [-0.39, 0.29) is 18.5 Å². The van der Waals surface area contributed by atoms with Crippen molar-refractivity contribution in [2.75, 3.05) is 44.6 Å². The van der Waals surface area contributed by atoms with E-state index in [0.717, 1.165) is 5.69 Å². The molecule has 8 nitrogen and oxygen atoms in total. The molecule has 0 atom stereocenters. The predicted molar refractivity (Wildman–Crippen MR) is 111 cm³/mol. The Bertz CT molecular complexity index is 831. The third-order valence-electron chi connectivity index (χ3n) is 4.45. The fourth-order valence-corrected chi connectivity index (χ4v) is 2.93. The topological polar surface area (TPSA) is 86.6 Å². The summed E-state index contributed by atoms with van der Waals surface area (Å²) in [5.74, 6) is -0.0896. The summed E-state index contributed by atoms with van der Waals surface area (Å²) >= 11 is 0. The van der Waals surface area contributed by atoms with Gasteiger partial charge in [-0.15, -0.1) is 0 Å². The van der Waals surface area contributed by atoms with Gasteiger partial charge in [-0.1, -0.05) is 18.2 Å². The number of carbonyl (C=O) groups excluding carboxylic acids is 2. The molecule has 3 rings (SSSR count). The number of nitrogens with one attached hydrogen (secondary N) is 1. The Kier molecular flexibility index (Phi) is 7.29. The van der Waals surface area contributed by atoms with Gasteiger partial charge in [0, 0.05) is 31.9 Å². The molecular weight excluding hydrogens is 370 g/mol. The molecule has 1 fully saturated rings. The third kappa shape index (κ3) is 6.39. The number of anilines is 1. The zero-order valence-electron chi connectivity index (χ0n) is 16.5. The van der Waals surface area contributed by atoms with Crippen LogP contribution in [0, 0.1) is 0 Å². The number of amides is 2. The summed E-state index contributed by atoms with van der Waals surface area (Å²) < 4.78 is 5.00. The highest BCUT2D eigenvalue weighted by Crippen LogP contribution is 2.20. The molecule has 0 saturated carbocycles. The Morgan fingerprint density at radius 3 is 2.17 bits per heavy atom. The van der Waals surface area contributed by atoms with Gasteiger partial charge in [0.2, 0.25) is 5.91 Å². The van der Waals surface area contributed by atoms with Gasteiger partial charge in [-0.05, 0) is 43.3 Å². The van der Waals surface area contributed by atoms with Gasteiger partial charge in [0.15, 0.2) is 0 Å². The van der Waals surface area contributed by atoms with Crippen molar-refractivity contribution < 1.29 is 14.3 Å². The second-order valence-corrected chi connectivity index (χ2v) is 6.59. The van der Waals surface area contributed by atoms with Crippen LogP contribution in [-0.2, 0) is 9.53 Å². The fraction of sp³-hybridized carbons (Fsp3) is 0.333. The van der Waals surface area contributed by atoms with E-state index in [4.69, 9.17) is 4.74 Å². The lowest BCUT2D eigenvalue weighted by molar-refractivity contribution is -0.117. The SMILES string of the molecule is CCOC(=O)N1CCN(CC(=O)Nc2ccc(N=Nc3ccccc3)cc2)CC1. The van der Waals surface area contributed by atoms with Crippen molar-refractivity contribution in [3.63, 3.8) is 0 Å². The quantitative estimate of drug-likeness (QED) is 0.754. The highest BCUT2D eigenvalue weighted by atomic mass is 16.6. The summed E-state index contributed by atoms with van der Waals surface area (Å²) in [6.45, 7) is 4.85. The van der Waals surface area contributed by atoms with Gasteiger partial charge >= 0.3 is 6.09 Å². The standard InChI is InChI=1S/C21H25N5O3/c1-2-29-21(28)26-14-12-25(13-15-26)16-20(27)22-17-8-10-19(11-9-17)24-23-18-6-4-3-5-7-18/h3-11H,2,12-16H2,1H3,(H,22,27). The molecule has 152 valence electrons. The molecule has 0 aromatic heterocycles. The first-order valence-electron chi connectivity index (χ1n) is 9.65. The summed E-state index contributed by atoms with van der Waals surface area (Å²) in [6.07, 6.45) is -0.291. The van der Waals surface area contributed by atoms with E-state index in [1.165, 1.54) is 0 Å². The number of nitrogens with zero attached hydrogens (tertiary/aromatic N) is 4. The number of benzene rings is 2. The Morgan fingerprint density at radius 2 is 1.55 bits per heavy atom. The van der Waals surface area contributed by atoms with Gasteiger partial charge in [0.05, 0.1) is 24.5 Å². The van der Waals surface area contributed by atoms with Crippen LogP contribution in [0.5, 0.6) is 0 Å². The Morgan fingerprint density at radius 1 is 0.931 bits per heavy atom. The molecule has 0 spiro atoms. The molecule has 0 aliphatic carbocycles. The molecule has 8 heteroatoms. The van der Waals surface area contributed by atoms with Crippen molar-refractivity contribution in [3.05, 3.63) is 54.6 Å². The molecule has 1 heterocycles. The van der Waals surface area contributed by atoms with E-state index in [1.807, 2.05) is 35.2 Å². The van der Waals surface area contributed by atoms with E-state index in [1.54, 1.807) is 36.1 Å². The first-order chi connectivity index (χ1) is 14.1. The van der Waals surface area contributed by atoms with E-state index in [2.05, 4.69) is 15.5 Å². The lowest BCUT2D eigenvalue weighted by Gasteiger charge is -2.33. The van der Waals surface area contributed by atoms with Gasteiger partial charge in [-0.2, -0.15) is 10.2 Å². The molecule has 2 aromatic rings. The molecule has 0 bridgehead atoms. The van der Waals surface area contributed by atoms with Crippen LogP contribution in [0.3, 0.4) is 0 Å². The predicted octanol–water partition coefficient (Wildman–Crippen LogP) is 3.81. The van der Waals surface area contributed by atoms with Crippen LogP contribution in [0.2, 0.25) is 0 Å². The normalized spacial score (nSPS) is 14.7. The van der Waals surface area contributed by atoms with Crippen molar-refractivity contribution in [1.29, 1.82) is 0 Å². The number of carbonyl (C=O) groups is 2. The molecule has 1 aliphatic rings. The monoisotopic (exact) mass is 395 g/mol. The maximum Gasteiger partial charge on any atom is 0.409 e.